The number of carbonyl (C=O) groups excluding carboxylic acids is 2. The molecule has 0 spiro atoms. The molecule has 1 unspecified atom stereocenters. The first-order valence-electron chi connectivity index (χ1n) is 9.29. The van der Waals surface area contributed by atoms with Crippen molar-refractivity contribution in [3.05, 3.63) is 63.5 Å². The molecular formula is C22H21N3O3S2. The molecule has 0 N–H and O–H groups in total. The smallest absolute Gasteiger partial charge is 0.323 e. The van der Waals surface area contributed by atoms with Gasteiger partial charge >= 0.3 is 5.97 Å². The number of thiazole rings is 1. The predicted octanol–water partition coefficient (Wildman–Crippen LogP) is 4.13. The first-order chi connectivity index (χ1) is 14.4. The van der Waals surface area contributed by atoms with Crippen LogP contribution in [0.15, 0.2) is 41.4 Å². The van der Waals surface area contributed by atoms with Crippen molar-refractivity contribution in [1.82, 2.24) is 4.57 Å². The SMILES string of the molecule is CCOC(=O)C(SC)c1ccc(C)c2c1sc(=NC(=O)c1ccc(C#N)cc1)n2C. The molecule has 0 saturated carbocycles. The molecule has 0 saturated heterocycles. The summed E-state index contributed by atoms with van der Waals surface area (Å²) in [7, 11) is 1.86. The quantitative estimate of drug-likeness (QED) is 0.558. The third kappa shape index (κ3) is 4.18. The Morgan fingerprint density at radius 2 is 1.97 bits per heavy atom. The molecule has 0 radical (unpaired) electrons. The Labute approximate surface area is 182 Å². The number of esters is 1. The average Bonchev–Trinajstić information content (AvgIpc) is 3.07. The van der Waals surface area contributed by atoms with Crippen LogP contribution in [0.25, 0.3) is 10.2 Å². The minimum atomic E-state index is -0.450. The molecule has 0 fully saturated rings. The summed E-state index contributed by atoms with van der Waals surface area (Å²) < 4.78 is 8.04. The number of rotatable bonds is 5. The Balaban J connectivity index is 2.13. The number of aromatic nitrogens is 1. The largest absolute Gasteiger partial charge is 0.465 e. The van der Waals surface area contributed by atoms with Gasteiger partial charge in [-0.15, -0.1) is 11.8 Å². The summed E-state index contributed by atoms with van der Waals surface area (Å²) >= 11 is 2.80. The van der Waals surface area contributed by atoms with Crippen molar-refractivity contribution in [2.75, 3.05) is 12.9 Å². The van der Waals surface area contributed by atoms with Gasteiger partial charge < -0.3 is 9.30 Å². The maximum Gasteiger partial charge on any atom is 0.323 e. The summed E-state index contributed by atoms with van der Waals surface area (Å²) in [5.41, 5.74) is 3.73. The molecule has 1 heterocycles. The van der Waals surface area contributed by atoms with Crippen LogP contribution in [0.4, 0.5) is 0 Å². The summed E-state index contributed by atoms with van der Waals surface area (Å²) in [4.78, 5) is 30.0. The lowest BCUT2D eigenvalue weighted by Crippen LogP contribution is -2.14. The van der Waals surface area contributed by atoms with E-state index in [0.29, 0.717) is 22.5 Å². The summed E-state index contributed by atoms with van der Waals surface area (Å²) in [6.45, 7) is 4.10. The van der Waals surface area contributed by atoms with Crippen LogP contribution < -0.4 is 4.80 Å². The van der Waals surface area contributed by atoms with E-state index >= 15 is 0 Å². The van der Waals surface area contributed by atoms with Crippen LogP contribution >= 0.6 is 23.1 Å². The number of nitrogens with zero attached hydrogens (tertiary/aromatic N) is 3. The number of hydrogen-bond acceptors (Lipinski definition) is 6. The molecule has 2 aromatic carbocycles. The van der Waals surface area contributed by atoms with Gasteiger partial charge in [0.15, 0.2) is 4.80 Å². The molecule has 1 amide bonds. The standard InChI is InChI=1S/C22H21N3O3S2/c1-5-28-21(27)19(29-4)16-11-6-13(2)17-18(16)30-22(25(17)3)24-20(26)15-9-7-14(12-23)8-10-15/h6-11,19H,5H2,1-4H3. The monoisotopic (exact) mass is 439 g/mol. The molecule has 0 aliphatic rings. The number of amides is 1. The van der Waals surface area contributed by atoms with Crippen molar-refractivity contribution in [2.24, 2.45) is 12.0 Å². The fourth-order valence-corrected chi connectivity index (χ4v) is 5.20. The van der Waals surface area contributed by atoms with Crippen LogP contribution in [0.3, 0.4) is 0 Å². The number of nitriles is 1. The molecule has 30 heavy (non-hydrogen) atoms. The second-order valence-electron chi connectivity index (χ2n) is 6.57. The maximum absolute atomic E-state index is 12.7. The summed E-state index contributed by atoms with van der Waals surface area (Å²) in [6, 6.07) is 12.3. The van der Waals surface area contributed by atoms with E-state index in [1.165, 1.54) is 23.1 Å². The van der Waals surface area contributed by atoms with E-state index < -0.39 is 5.25 Å². The van der Waals surface area contributed by atoms with Gasteiger partial charge in [0.1, 0.15) is 5.25 Å². The summed E-state index contributed by atoms with van der Waals surface area (Å²) in [5, 5.41) is 8.46. The van der Waals surface area contributed by atoms with Gasteiger partial charge in [0.25, 0.3) is 5.91 Å². The third-order valence-electron chi connectivity index (χ3n) is 4.66. The highest BCUT2D eigenvalue weighted by Gasteiger charge is 2.25. The van der Waals surface area contributed by atoms with Crippen LogP contribution in [0.5, 0.6) is 0 Å². The Morgan fingerprint density at radius 3 is 2.57 bits per heavy atom. The lowest BCUT2D eigenvalue weighted by atomic mass is 10.1. The van der Waals surface area contributed by atoms with Crippen molar-refractivity contribution in [1.29, 1.82) is 5.26 Å². The molecule has 3 aromatic rings. The molecule has 0 bridgehead atoms. The van der Waals surface area contributed by atoms with Crippen LogP contribution in [0.2, 0.25) is 0 Å². The van der Waals surface area contributed by atoms with Crippen LogP contribution in [-0.2, 0) is 16.6 Å². The fraction of sp³-hybridized carbons (Fsp3) is 0.273. The minimum Gasteiger partial charge on any atom is -0.465 e. The van der Waals surface area contributed by atoms with Crippen LogP contribution in [-0.4, -0.2) is 29.3 Å². The van der Waals surface area contributed by atoms with Gasteiger partial charge in [-0.05, 0) is 55.5 Å². The van der Waals surface area contributed by atoms with E-state index in [0.717, 1.165) is 21.3 Å². The van der Waals surface area contributed by atoms with Gasteiger partial charge in [-0.3, -0.25) is 9.59 Å². The number of thioether (sulfide) groups is 1. The first-order valence-corrected chi connectivity index (χ1v) is 11.4. The zero-order valence-corrected chi connectivity index (χ0v) is 18.8. The fourth-order valence-electron chi connectivity index (χ4n) is 3.18. The van der Waals surface area contributed by atoms with Gasteiger partial charge in [-0.1, -0.05) is 23.5 Å². The Hall–Kier alpha value is -2.89. The Kier molecular flexibility index (Phi) is 6.75. The lowest BCUT2D eigenvalue weighted by molar-refractivity contribution is -0.142. The second-order valence-corrected chi connectivity index (χ2v) is 8.49. The predicted molar refractivity (Wildman–Crippen MR) is 119 cm³/mol. The number of ether oxygens (including phenoxy) is 1. The van der Waals surface area contributed by atoms with Gasteiger partial charge in [-0.2, -0.15) is 10.3 Å². The summed E-state index contributed by atoms with van der Waals surface area (Å²) in [6.07, 6.45) is 1.88. The van der Waals surface area contributed by atoms with Crippen molar-refractivity contribution in [3.8, 4) is 6.07 Å². The maximum atomic E-state index is 12.7. The number of hydrogen-bond donors (Lipinski definition) is 0. The zero-order valence-electron chi connectivity index (χ0n) is 17.1. The summed E-state index contributed by atoms with van der Waals surface area (Å²) in [5.74, 6) is -0.661. The molecule has 1 atom stereocenters. The molecule has 0 aliphatic carbocycles. The first kappa shape index (κ1) is 21.8. The van der Waals surface area contributed by atoms with E-state index in [1.54, 1.807) is 31.2 Å². The Bertz CT molecular complexity index is 1220. The van der Waals surface area contributed by atoms with Crippen molar-refractivity contribution in [2.45, 2.75) is 19.1 Å². The lowest BCUT2D eigenvalue weighted by Gasteiger charge is -2.15. The zero-order chi connectivity index (χ0) is 21.8. The number of aryl methyl sites for hydroxylation is 2. The van der Waals surface area contributed by atoms with Gasteiger partial charge in [0.2, 0.25) is 0 Å². The van der Waals surface area contributed by atoms with E-state index in [4.69, 9.17) is 10.00 Å². The van der Waals surface area contributed by atoms with Crippen LogP contribution in [0, 0.1) is 18.3 Å². The molecule has 0 aliphatic heterocycles. The molecular weight excluding hydrogens is 418 g/mol. The number of carbonyl (C=O) groups is 2. The normalized spacial score (nSPS) is 12.6. The molecule has 8 heteroatoms. The van der Waals surface area contributed by atoms with E-state index in [2.05, 4.69) is 4.99 Å². The highest BCUT2D eigenvalue weighted by atomic mass is 32.2. The Morgan fingerprint density at radius 1 is 1.27 bits per heavy atom. The van der Waals surface area contributed by atoms with E-state index in [9.17, 15) is 9.59 Å². The van der Waals surface area contributed by atoms with Crippen LogP contribution in [0.1, 0.15) is 39.2 Å². The van der Waals surface area contributed by atoms with Crippen molar-refractivity contribution < 1.29 is 14.3 Å². The topological polar surface area (TPSA) is 84.4 Å². The molecule has 3 rings (SSSR count). The average molecular weight is 440 g/mol. The minimum absolute atomic E-state index is 0.279. The van der Waals surface area contributed by atoms with E-state index in [1.807, 2.05) is 43.0 Å². The van der Waals surface area contributed by atoms with Gasteiger partial charge in [-0.25, -0.2) is 0 Å². The molecule has 6 nitrogen and oxygen atoms in total. The highest BCUT2D eigenvalue weighted by Crippen LogP contribution is 2.36. The molecule has 1 aromatic heterocycles. The number of benzene rings is 2. The highest BCUT2D eigenvalue weighted by molar-refractivity contribution is 7.99. The van der Waals surface area contributed by atoms with Crippen molar-refractivity contribution in [3.63, 3.8) is 0 Å². The third-order valence-corrected chi connectivity index (χ3v) is 6.76. The van der Waals surface area contributed by atoms with Crippen molar-refractivity contribution >= 4 is 45.2 Å². The second kappa shape index (κ2) is 9.28. The number of fused-ring (bicyclic) bond motifs is 1. The van der Waals surface area contributed by atoms with Gasteiger partial charge in [0.05, 0.1) is 28.5 Å². The van der Waals surface area contributed by atoms with E-state index in [-0.39, 0.29) is 11.9 Å². The van der Waals surface area contributed by atoms with Gasteiger partial charge in [0, 0.05) is 12.6 Å². The molecule has 154 valence electrons.